The summed E-state index contributed by atoms with van der Waals surface area (Å²) in [4.78, 5) is 18.5. The smallest absolute Gasteiger partial charge is 0.267 e. The monoisotopic (exact) mass is 285 g/mol. The van der Waals surface area contributed by atoms with Gasteiger partial charge in [-0.1, -0.05) is 25.2 Å². The average Bonchev–Trinajstić information content (AvgIpc) is 2.73. The molecule has 6 nitrogen and oxygen atoms in total. The number of carbonyl (C=O) groups excluding carboxylic acids is 1. The summed E-state index contributed by atoms with van der Waals surface area (Å²) in [6.07, 6.45) is 0. The first-order chi connectivity index (χ1) is 8.95. The first-order valence-corrected chi connectivity index (χ1v) is 7.17. The Hall–Kier alpha value is -1.34. The molecule has 0 saturated heterocycles. The number of thiazole rings is 1. The summed E-state index contributed by atoms with van der Waals surface area (Å²) in [5.41, 5.74) is 5.81. The number of amides is 1. The van der Waals surface area contributed by atoms with E-state index in [0.29, 0.717) is 28.3 Å². The third-order valence-corrected chi connectivity index (χ3v) is 3.57. The van der Waals surface area contributed by atoms with E-state index >= 15 is 0 Å². The molecule has 0 aliphatic rings. The lowest BCUT2D eigenvalue weighted by Crippen LogP contribution is -2.32. The van der Waals surface area contributed by atoms with Crippen LogP contribution >= 0.6 is 11.3 Å². The molecule has 0 atom stereocenters. The highest BCUT2D eigenvalue weighted by Crippen LogP contribution is 2.26. The minimum atomic E-state index is -0.0807. The summed E-state index contributed by atoms with van der Waals surface area (Å²) in [5.74, 6) is 0.739. The molecular formula is C12H23N5OS. The van der Waals surface area contributed by atoms with Crippen LogP contribution in [0.15, 0.2) is 0 Å². The number of aromatic nitrogens is 1. The molecule has 0 aromatic carbocycles. The van der Waals surface area contributed by atoms with Gasteiger partial charge in [-0.15, -0.1) is 0 Å². The number of hydrogen-bond acceptors (Lipinski definition) is 6. The first-order valence-electron chi connectivity index (χ1n) is 6.36. The third kappa shape index (κ3) is 4.68. The summed E-state index contributed by atoms with van der Waals surface area (Å²) < 4.78 is 0. The van der Waals surface area contributed by atoms with Crippen LogP contribution in [0.3, 0.4) is 0 Å². The molecule has 0 spiro atoms. The van der Waals surface area contributed by atoms with Crippen molar-refractivity contribution >= 4 is 28.2 Å². The number of likely N-dealkylation sites (N-methyl/N-ethyl adjacent to an activating group) is 2. The number of nitrogens with two attached hydrogens (primary N) is 1. The second-order valence-corrected chi connectivity index (χ2v) is 5.84. The van der Waals surface area contributed by atoms with Crippen molar-refractivity contribution in [3.8, 4) is 0 Å². The Balaban J connectivity index is 2.69. The maximum absolute atomic E-state index is 12.2. The average molecular weight is 285 g/mol. The van der Waals surface area contributed by atoms with Crippen molar-refractivity contribution in [1.82, 2.24) is 15.2 Å². The molecule has 19 heavy (non-hydrogen) atoms. The van der Waals surface area contributed by atoms with Gasteiger partial charge >= 0.3 is 0 Å². The fourth-order valence-corrected chi connectivity index (χ4v) is 2.29. The predicted octanol–water partition coefficient (Wildman–Crippen LogP) is 1.08. The SMILES string of the molecule is CNCCN(C)C(=O)c1sc(NCC(C)C)nc1N. The number of carbonyl (C=O) groups is 1. The maximum Gasteiger partial charge on any atom is 0.267 e. The molecule has 0 bridgehead atoms. The predicted molar refractivity (Wildman–Crippen MR) is 80.7 cm³/mol. The summed E-state index contributed by atoms with van der Waals surface area (Å²) in [6.45, 7) is 6.43. The molecule has 7 heteroatoms. The number of anilines is 2. The van der Waals surface area contributed by atoms with Gasteiger partial charge in [0.05, 0.1) is 0 Å². The Morgan fingerprint density at radius 2 is 2.21 bits per heavy atom. The van der Waals surface area contributed by atoms with Gasteiger partial charge in [0, 0.05) is 26.7 Å². The van der Waals surface area contributed by atoms with Gasteiger partial charge in [-0.3, -0.25) is 4.79 Å². The second-order valence-electron chi connectivity index (χ2n) is 4.84. The quantitative estimate of drug-likeness (QED) is 0.698. The summed E-state index contributed by atoms with van der Waals surface area (Å²) in [6, 6.07) is 0. The van der Waals surface area contributed by atoms with Crippen molar-refractivity contribution < 1.29 is 4.79 Å². The molecule has 0 aliphatic carbocycles. The van der Waals surface area contributed by atoms with Crippen molar-refractivity contribution in [3.63, 3.8) is 0 Å². The minimum Gasteiger partial charge on any atom is -0.382 e. The van der Waals surface area contributed by atoms with Gasteiger partial charge in [-0.2, -0.15) is 0 Å². The zero-order chi connectivity index (χ0) is 14.4. The Morgan fingerprint density at radius 1 is 1.53 bits per heavy atom. The van der Waals surface area contributed by atoms with E-state index in [1.165, 1.54) is 11.3 Å². The fourth-order valence-electron chi connectivity index (χ4n) is 1.41. The lowest BCUT2D eigenvalue weighted by Gasteiger charge is -2.15. The highest BCUT2D eigenvalue weighted by atomic mass is 32.1. The Bertz CT molecular complexity index is 418. The molecule has 0 aliphatic heterocycles. The number of rotatable bonds is 7. The Morgan fingerprint density at radius 3 is 2.79 bits per heavy atom. The largest absolute Gasteiger partial charge is 0.382 e. The zero-order valence-electron chi connectivity index (χ0n) is 12.0. The van der Waals surface area contributed by atoms with E-state index < -0.39 is 0 Å². The van der Waals surface area contributed by atoms with Crippen LogP contribution in [0.25, 0.3) is 0 Å². The number of hydrogen-bond donors (Lipinski definition) is 3. The molecule has 108 valence electrons. The van der Waals surface area contributed by atoms with Crippen molar-refractivity contribution in [2.24, 2.45) is 5.92 Å². The second kappa shape index (κ2) is 7.30. The molecule has 1 heterocycles. The van der Waals surface area contributed by atoms with Crippen molar-refractivity contribution in [1.29, 1.82) is 0 Å². The molecule has 1 amide bonds. The van der Waals surface area contributed by atoms with Crippen LogP contribution in [-0.4, -0.2) is 49.5 Å². The standard InChI is InChI=1S/C12H23N5OS/c1-8(2)7-15-12-16-10(13)9(19-12)11(18)17(4)6-5-14-3/h8,14H,5-7,13H2,1-4H3,(H,15,16). The van der Waals surface area contributed by atoms with Crippen LogP contribution < -0.4 is 16.4 Å². The first kappa shape index (κ1) is 15.7. The topological polar surface area (TPSA) is 83.3 Å². The molecule has 0 unspecified atom stereocenters. The van der Waals surface area contributed by atoms with Gasteiger partial charge in [0.1, 0.15) is 10.7 Å². The van der Waals surface area contributed by atoms with E-state index in [1.807, 2.05) is 7.05 Å². The third-order valence-electron chi connectivity index (χ3n) is 2.55. The van der Waals surface area contributed by atoms with Gasteiger partial charge in [0.15, 0.2) is 5.13 Å². The Labute approximate surface area is 118 Å². The van der Waals surface area contributed by atoms with E-state index in [4.69, 9.17) is 5.73 Å². The molecule has 0 fully saturated rings. The maximum atomic E-state index is 12.2. The molecule has 1 aromatic heterocycles. The normalized spacial score (nSPS) is 10.8. The Kier molecular flexibility index (Phi) is 6.04. The van der Waals surface area contributed by atoms with E-state index in [2.05, 4.69) is 29.5 Å². The van der Waals surface area contributed by atoms with Crippen molar-refractivity contribution in [3.05, 3.63) is 4.88 Å². The van der Waals surface area contributed by atoms with Gasteiger partial charge in [0.2, 0.25) is 0 Å². The molecule has 1 rings (SSSR count). The van der Waals surface area contributed by atoms with E-state index in [9.17, 15) is 4.79 Å². The molecule has 0 radical (unpaired) electrons. The van der Waals surface area contributed by atoms with Crippen LogP contribution in [0, 0.1) is 5.92 Å². The molecule has 4 N–H and O–H groups in total. The summed E-state index contributed by atoms with van der Waals surface area (Å²) >= 11 is 1.31. The summed E-state index contributed by atoms with van der Waals surface area (Å²) in [5, 5.41) is 6.90. The van der Waals surface area contributed by atoms with Crippen molar-refractivity contribution in [2.75, 3.05) is 44.8 Å². The number of nitrogen functional groups attached to an aromatic ring is 1. The van der Waals surface area contributed by atoms with Crippen LogP contribution in [0.4, 0.5) is 10.9 Å². The zero-order valence-corrected chi connectivity index (χ0v) is 12.8. The highest BCUT2D eigenvalue weighted by molar-refractivity contribution is 7.18. The van der Waals surface area contributed by atoms with Gasteiger partial charge in [0.25, 0.3) is 5.91 Å². The summed E-state index contributed by atoms with van der Waals surface area (Å²) in [7, 11) is 3.62. The van der Waals surface area contributed by atoms with Gasteiger partial charge in [-0.25, -0.2) is 4.98 Å². The molecule has 0 saturated carbocycles. The number of nitrogens with zero attached hydrogens (tertiary/aromatic N) is 2. The van der Waals surface area contributed by atoms with Gasteiger partial charge in [-0.05, 0) is 13.0 Å². The minimum absolute atomic E-state index is 0.0807. The lowest BCUT2D eigenvalue weighted by molar-refractivity contribution is 0.0802. The van der Waals surface area contributed by atoms with Crippen LogP contribution in [-0.2, 0) is 0 Å². The molecular weight excluding hydrogens is 262 g/mol. The van der Waals surface area contributed by atoms with Gasteiger partial charge < -0.3 is 21.3 Å². The number of nitrogens with one attached hydrogen (secondary N) is 2. The highest BCUT2D eigenvalue weighted by Gasteiger charge is 2.19. The van der Waals surface area contributed by atoms with Crippen LogP contribution in [0.5, 0.6) is 0 Å². The fraction of sp³-hybridized carbons (Fsp3) is 0.667. The van der Waals surface area contributed by atoms with Crippen LogP contribution in [0.2, 0.25) is 0 Å². The lowest BCUT2D eigenvalue weighted by atomic mass is 10.2. The van der Waals surface area contributed by atoms with E-state index in [1.54, 1.807) is 11.9 Å². The van der Waals surface area contributed by atoms with Crippen LogP contribution in [0.1, 0.15) is 23.5 Å². The molecule has 1 aromatic rings. The van der Waals surface area contributed by atoms with E-state index in [-0.39, 0.29) is 5.91 Å². The van der Waals surface area contributed by atoms with Crippen molar-refractivity contribution in [2.45, 2.75) is 13.8 Å². The van der Waals surface area contributed by atoms with E-state index in [0.717, 1.165) is 13.1 Å².